The molecule has 2 heteroatoms. The number of hydrogen-bond acceptors (Lipinski definition) is 1. The van der Waals surface area contributed by atoms with Crippen LogP contribution in [0.2, 0.25) is 0 Å². The maximum Gasteiger partial charge on any atom is 0.113 e. The van der Waals surface area contributed by atoms with E-state index in [1.54, 1.807) is 0 Å². The van der Waals surface area contributed by atoms with Crippen molar-refractivity contribution >= 4 is 0 Å². The van der Waals surface area contributed by atoms with Gasteiger partial charge in [0.1, 0.15) is 5.67 Å². The molecule has 1 nitrogen and oxygen atoms in total. The molecule has 1 unspecified atom stereocenters. The fourth-order valence-electron chi connectivity index (χ4n) is 0.678. The highest BCUT2D eigenvalue weighted by Gasteiger charge is 2.50. The Hall–Kier alpha value is -0.110. The molecule has 1 saturated carbocycles. The van der Waals surface area contributed by atoms with Crippen molar-refractivity contribution in [2.24, 2.45) is 5.92 Å². The van der Waals surface area contributed by atoms with Gasteiger partial charge in [-0.25, -0.2) is 4.39 Å². The number of rotatable bonds is 1. The summed E-state index contributed by atoms with van der Waals surface area (Å²) in [5.74, 6) is -0.0625. The first-order valence-corrected chi connectivity index (χ1v) is 3.46. The van der Waals surface area contributed by atoms with Crippen LogP contribution in [0.4, 0.5) is 4.39 Å². The molecule has 0 spiro atoms. The quantitative estimate of drug-likeness (QED) is 0.579. The highest BCUT2D eigenvalue weighted by Crippen LogP contribution is 2.45. The monoisotopic (exact) mass is 134 g/mol. The Bertz CT molecular complexity index is 81.0. The van der Waals surface area contributed by atoms with Gasteiger partial charge in [0.2, 0.25) is 0 Å². The molecule has 9 heavy (non-hydrogen) atoms. The zero-order valence-corrected chi connectivity index (χ0v) is 6.32. The van der Waals surface area contributed by atoms with Crippen LogP contribution < -0.4 is 0 Å². The molecule has 0 amide bonds. The third-order valence-electron chi connectivity index (χ3n) is 1.56. The van der Waals surface area contributed by atoms with Gasteiger partial charge in [0.05, 0.1) is 0 Å². The first-order chi connectivity index (χ1) is 4.17. The molecular formula is C7H15FO. The fourth-order valence-corrected chi connectivity index (χ4v) is 0.678. The van der Waals surface area contributed by atoms with Gasteiger partial charge >= 0.3 is 0 Å². The first kappa shape index (κ1) is 8.89. The lowest BCUT2D eigenvalue weighted by Crippen LogP contribution is -1.98. The Morgan fingerprint density at radius 2 is 2.00 bits per heavy atom. The van der Waals surface area contributed by atoms with E-state index in [2.05, 4.69) is 0 Å². The number of halogens is 1. The molecule has 1 rings (SSSR count). The lowest BCUT2D eigenvalue weighted by molar-refractivity contribution is 0.223. The van der Waals surface area contributed by atoms with E-state index in [1.165, 1.54) is 6.92 Å². The van der Waals surface area contributed by atoms with E-state index in [4.69, 9.17) is 5.11 Å². The summed E-state index contributed by atoms with van der Waals surface area (Å²) in [4.78, 5) is 0. The van der Waals surface area contributed by atoms with E-state index < -0.39 is 5.67 Å². The molecule has 1 aliphatic carbocycles. The Morgan fingerprint density at radius 1 is 1.67 bits per heavy atom. The summed E-state index contributed by atoms with van der Waals surface area (Å²) in [5, 5.41) is 8.30. The average molecular weight is 134 g/mol. The van der Waals surface area contributed by atoms with Crippen molar-refractivity contribution in [2.45, 2.75) is 32.9 Å². The molecule has 1 N–H and O–H groups in total. The molecular weight excluding hydrogens is 119 g/mol. The largest absolute Gasteiger partial charge is 0.396 e. The Balaban J connectivity index is 0.000000291. The van der Waals surface area contributed by atoms with Crippen molar-refractivity contribution < 1.29 is 9.50 Å². The normalized spacial score (nSPS) is 39.0. The highest BCUT2D eigenvalue weighted by atomic mass is 19.1. The van der Waals surface area contributed by atoms with Crippen LogP contribution in [0.1, 0.15) is 27.2 Å². The minimum Gasteiger partial charge on any atom is -0.396 e. The van der Waals surface area contributed by atoms with Crippen molar-refractivity contribution in [1.82, 2.24) is 0 Å². The summed E-state index contributed by atoms with van der Waals surface area (Å²) in [5.41, 5.74) is -1.03. The van der Waals surface area contributed by atoms with Gasteiger partial charge in [-0.1, -0.05) is 13.8 Å². The molecule has 0 saturated heterocycles. The summed E-state index contributed by atoms with van der Waals surface area (Å²) in [6.07, 6.45) is 0.545. The second kappa shape index (κ2) is 3.16. The van der Waals surface area contributed by atoms with Crippen LogP contribution in [-0.2, 0) is 0 Å². The minimum atomic E-state index is -1.03. The van der Waals surface area contributed by atoms with Crippen molar-refractivity contribution in [3.05, 3.63) is 0 Å². The van der Waals surface area contributed by atoms with E-state index in [-0.39, 0.29) is 12.5 Å². The molecule has 56 valence electrons. The number of aliphatic hydroxyl groups is 1. The molecule has 1 aliphatic rings. The fraction of sp³-hybridized carbons (Fsp3) is 1.00. The predicted octanol–water partition coefficient (Wildman–Crippen LogP) is 1.75. The van der Waals surface area contributed by atoms with Crippen molar-refractivity contribution in [2.75, 3.05) is 6.61 Å². The van der Waals surface area contributed by atoms with Crippen LogP contribution in [0.3, 0.4) is 0 Å². The van der Waals surface area contributed by atoms with Crippen LogP contribution >= 0.6 is 0 Å². The molecule has 1 fully saturated rings. The zero-order chi connectivity index (χ0) is 7.49. The van der Waals surface area contributed by atoms with Gasteiger partial charge in [0.15, 0.2) is 0 Å². The second-order valence-electron chi connectivity index (χ2n) is 2.36. The second-order valence-corrected chi connectivity index (χ2v) is 2.36. The van der Waals surface area contributed by atoms with Gasteiger partial charge in [0, 0.05) is 12.5 Å². The van der Waals surface area contributed by atoms with Crippen molar-refractivity contribution in [3.8, 4) is 0 Å². The van der Waals surface area contributed by atoms with E-state index in [0.29, 0.717) is 6.42 Å². The Kier molecular flexibility index (Phi) is 3.12. The van der Waals surface area contributed by atoms with Crippen LogP contribution in [-0.4, -0.2) is 17.4 Å². The van der Waals surface area contributed by atoms with Crippen LogP contribution in [0.5, 0.6) is 0 Å². The van der Waals surface area contributed by atoms with Crippen molar-refractivity contribution in [1.29, 1.82) is 0 Å². The van der Waals surface area contributed by atoms with Crippen molar-refractivity contribution in [3.63, 3.8) is 0 Å². The minimum absolute atomic E-state index is 0.00694. The van der Waals surface area contributed by atoms with E-state index >= 15 is 0 Å². The molecule has 0 aromatic carbocycles. The highest BCUT2D eigenvalue weighted by molar-refractivity contribution is 4.99. The topological polar surface area (TPSA) is 20.2 Å². The van der Waals surface area contributed by atoms with Crippen LogP contribution in [0.25, 0.3) is 0 Å². The van der Waals surface area contributed by atoms with Gasteiger partial charge in [-0.3, -0.25) is 0 Å². The Morgan fingerprint density at radius 3 is 2.00 bits per heavy atom. The SMILES string of the molecule is CC.CC1(F)C[C@@H]1CO. The first-order valence-electron chi connectivity index (χ1n) is 3.46. The molecule has 0 aromatic rings. The molecule has 0 aliphatic heterocycles. The summed E-state index contributed by atoms with van der Waals surface area (Å²) in [7, 11) is 0. The molecule has 0 heterocycles. The van der Waals surface area contributed by atoms with Crippen LogP contribution in [0, 0.1) is 5.92 Å². The van der Waals surface area contributed by atoms with Gasteiger partial charge in [-0.05, 0) is 13.3 Å². The van der Waals surface area contributed by atoms with Gasteiger partial charge < -0.3 is 5.11 Å². The predicted molar refractivity (Wildman–Crippen MR) is 36.1 cm³/mol. The maximum atomic E-state index is 12.3. The standard InChI is InChI=1S/C5H9FO.C2H6/c1-5(6)2-4(5)3-7;1-2/h4,7H,2-3H2,1H3;1-2H3/t4-,5?;/m1./s1. The number of alkyl halides is 1. The Labute approximate surface area is 55.9 Å². The number of aliphatic hydroxyl groups excluding tert-OH is 1. The molecule has 0 radical (unpaired) electrons. The lowest BCUT2D eigenvalue weighted by atomic mass is 10.3. The zero-order valence-electron chi connectivity index (χ0n) is 6.32. The smallest absolute Gasteiger partial charge is 0.113 e. The summed E-state index contributed by atoms with van der Waals surface area (Å²) in [6.45, 7) is 5.53. The van der Waals surface area contributed by atoms with Crippen LogP contribution in [0.15, 0.2) is 0 Å². The number of hydrogen-bond donors (Lipinski definition) is 1. The van der Waals surface area contributed by atoms with E-state index in [1.807, 2.05) is 13.8 Å². The van der Waals surface area contributed by atoms with E-state index in [9.17, 15) is 4.39 Å². The molecule has 2 atom stereocenters. The lowest BCUT2D eigenvalue weighted by Gasteiger charge is -1.91. The average Bonchev–Trinajstić information content (AvgIpc) is 2.45. The summed E-state index contributed by atoms with van der Waals surface area (Å²) < 4.78 is 12.3. The molecule has 0 aromatic heterocycles. The van der Waals surface area contributed by atoms with Gasteiger partial charge in [0.25, 0.3) is 0 Å². The van der Waals surface area contributed by atoms with Gasteiger partial charge in [-0.2, -0.15) is 0 Å². The summed E-state index contributed by atoms with van der Waals surface area (Å²) in [6, 6.07) is 0. The van der Waals surface area contributed by atoms with Gasteiger partial charge in [-0.15, -0.1) is 0 Å². The third-order valence-corrected chi connectivity index (χ3v) is 1.56. The summed E-state index contributed by atoms with van der Waals surface area (Å²) >= 11 is 0. The maximum absolute atomic E-state index is 12.3. The molecule has 0 bridgehead atoms. The van der Waals surface area contributed by atoms with E-state index in [0.717, 1.165) is 0 Å². The third kappa shape index (κ3) is 2.31.